The third-order valence-corrected chi connectivity index (χ3v) is 2.45. The molecule has 1 aliphatic heterocycles. The fourth-order valence-electron chi connectivity index (χ4n) is 1.54. The number of carbonyl (C=O) groups is 1. The molecule has 0 saturated heterocycles. The van der Waals surface area contributed by atoms with Gasteiger partial charge in [0.2, 0.25) is 12.7 Å². The third kappa shape index (κ3) is 3.10. The Bertz CT molecular complexity index is 417. The summed E-state index contributed by atoms with van der Waals surface area (Å²) in [6.07, 6.45) is 0.292. The highest BCUT2D eigenvalue weighted by Gasteiger charge is 2.14. The van der Waals surface area contributed by atoms with Crippen molar-refractivity contribution in [1.29, 1.82) is 0 Å². The molecule has 0 saturated carbocycles. The molecule has 0 bridgehead atoms. The number of aliphatic hydroxyl groups excluding tert-OH is 1. The Morgan fingerprint density at radius 1 is 1.47 bits per heavy atom. The molecule has 0 spiro atoms. The summed E-state index contributed by atoms with van der Waals surface area (Å²) in [4.78, 5) is 11.5. The van der Waals surface area contributed by atoms with Crippen LogP contribution in [0.25, 0.3) is 0 Å². The second kappa shape index (κ2) is 5.05. The van der Waals surface area contributed by atoms with E-state index in [9.17, 15) is 4.79 Å². The molecule has 2 N–H and O–H groups in total. The maximum Gasteiger partial charge on any atom is 0.231 e. The second-order valence-electron chi connectivity index (χ2n) is 4.00. The van der Waals surface area contributed by atoms with Crippen molar-refractivity contribution in [3.63, 3.8) is 0 Å². The number of anilines is 1. The zero-order chi connectivity index (χ0) is 12.3. The van der Waals surface area contributed by atoms with E-state index in [0.29, 0.717) is 30.0 Å². The number of aliphatic hydroxyl groups is 1. The smallest absolute Gasteiger partial charge is 0.231 e. The Labute approximate surface area is 99.3 Å². The zero-order valence-electron chi connectivity index (χ0n) is 9.60. The minimum atomic E-state index is -0.461. The van der Waals surface area contributed by atoms with Gasteiger partial charge in [0, 0.05) is 18.2 Å². The normalized spacial score (nSPS) is 14.5. The predicted octanol–water partition coefficient (Wildman–Crippen LogP) is 1.51. The molecule has 0 fully saturated rings. The first-order valence-corrected chi connectivity index (χ1v) is 5.53. The van der Waals surface area contributed by atoms with Crippen molar-refractivity contribution >= 4 is 11.6 Å². The van der Waals surface area contributed by atoms with E-state index in [1.807, 2.05) is 0 Å². The summed E-state index contributed by atoms with van der Waals surface area (Å²) >= 11 is 0. The van der Waals surface area contributed by atoms with E-state index in [1.54, 1.807) is 25.1 Å². The van der Waals surface area contributed by atoms with Gasteiger partial charge in [0.25, 0.3) is 0 Å². The highest BCUT2D eigenvalue weighted by molar-refractivity contribution is 5.91. The van der Waals surface area contributed by atoms with E-state index in [4.69, 9.17) is 14.6 Å². The standard InChI is InChI=1S/C12H15NO4/c1-8(14)2-5-12(15)13-9-3-4-10-11(6-9)17-7-16-10/h3-4,6,8,14H,2,5,7H2,1H3,(H,13,15). The number of rotatable bonds is 4. The lowest BCUT2D eigenvalue weighted by Gasteiger charge is -2.07. The number of fused-ring (bicyclic) bond motifs is 1. The Hall–Kier alpha value is -1.75. The molecule has 1 atom stereocenters. The topological polar surface area (TPSA) is 67.8 Å². The molecule has 1 aromatic carbocycles. The van der Waals surface area contributed by atoms with Crippen LogP contribution in [0.3, 0.4) is 0 Å². The van der Waals surface area contributed by atoms with Gasteiger partial charge in [-0.1, -0.05) is 0 Å². The molecule has 1 amide bonds. The molecule has 1 aliphatic rings. The van der Waals surface area contributed by atoms with Gasteiger partial charge >= 0.3 is 0 Å². The molecule has 1 unspecified atom stereocenters. The van der Waals surface area contributed by atoms with Gasteiger partial charge in [0.05, 0.1) is 6.10 Å². The number of nitrogens with one attached hydrogen (secondary N) is 1. The van der Waals surface area contributed by atoms with Gasteiger partial charge in [-0.05, 0) is 25.5 Å². The molecule has 5 nitrogen and oxygen atoms in total. The van der Waals surface area contributed by atoms with Crippen LogP contribution in [0.15, 0.2) is 18.2 Å². The molecule has 1 heterocycles. The van der Waals surface area contributed by atoms with Crippen molar-refractivity contribution in [3.8, 4) is 11.5 Å². The van der Waals surface area contributed by atoms with Gasteiger partial charge in [-0.2, -0.15) is 0 Å². The molecule has 2 rings (SSSR count). The Morgan fingerprint density at radius 3 is 3.00 bits per heavy atom. The summed E-state index contributed by atoms with van der Waals surface area (Å²) in [6, 6.07) is 5.24. The van der Waals surface area contributed by atoms with Gasteiger partial charge in [0.1, 0.15) is 0 Å². The number of amides is 1. The average Bonchev–Trinajstić information content (AvgIpc) is 2.73. The van der Waals surface area contributed by atoms with Gasteiger partial charge in [-0.3, -0.25) is 4.79 Å². The Morgan fingerprint density at radius 2 is 2.24 bits per heavy atom. The quantitative estimate of drug-likeness (QED) is 0.833. The average molecular weight is 237 g/mol. The minimum absolute atomic E-state index is 0.121. The molecule has 0 aliphatic carbocycles. The Kier molecular flexibility index (Phi) is 3.49. The van der Waals surface area contributed by atoms with Crippen molar-refractivity contribution in [3.05, 3.63) is 18.2 Å². The molecule has 0 aromatic heterocycles. The first kappa shape index (κ1) is 11.7. The molecule has 0 radical (unpaired) electrons. The van der Waals surface area contributed by atoms with Crippen LogP contribution in [0.4, 0.5) is 5.69 Å². The summed E-state index contributed by atoms with van der Waals surface area (Å²) in [5.41, 5.74) is 0.671. The number of carbonyl (C=O) groups excluding carboxylic acids is 1. The fourth-order valence-corrected chi connectivity index (χ4v) is 1.54. The van der Waals surface area contributed by atoms with E-state index in [1.165, 1.54) is 0 Å². The molecule has 5 heteroatoms. The maximum absolute atomic E-state index is 11.5. The zero-order valence-corrected chi connectivity index (χ0v) is 9.60. The predicted molar refractivity (Wildman–Crippen MR) is 62.1 cm³/mol. The molecule has 1 aromatic rings. The minimum Gasteiger partial charge on any atom is -0.454 e. The number of hydrogen-bond donors (Lipinski definition) is 2. The van der Waals surface area contributed by atoms with Crippen molar-refractivity contribution < 1.29 is 19.4 Å². The molecular weight excluding hydrogens is 222 g/mol. The molecule has 17 heavy (non-hydrogen) atoms. The lowest BCUT2D eigenvalue weighted by Crippen LogP contribution is -2.13. The SMILES string of the molecule is CC(O)CCC(=O)Nc1ccc2c(c1)OCO2. The van der Waals surface area contributed by atoms with Crippen molar-refractivity contribution in [2.24, 2.45) is 0 Å². The van der Waals surface area contributed by atoms with Crippen LogP contribution in [-0.2, 0) is 4.79 Å². The summed E-state index contributed by atoms with van der Waals surface area (Å²) in [5, 5.41) is 11.8. The fraction of sp³-hybridized carbons (Fsp3) is 0.417. The lowest BCUT2D eigenvalue weighted by molar-refractivity contribution is -0.116. The van der Waals surface area contributed by atoms with Crippen molar-refractivity contribution in [2.75, 3.05) is 12.1 Å². The van der Waals surface area contributed by atoms with Crippen LogP contribution in [0, 0.1) is 0 Å². The van der Waals surface area contributed by atoms with E-state index in [0.717, 1.165) is 0 Å². The van der Waals surface area contributed by atoms with E-state index < -0.39 is 6.10 Å². The van der Waals surface area contributed by atoms with Gasteiger partial charge < -0.3 is 19.9 Å². The number of benzene rings is 1. The lowest BCUT2D eigenvalue weighted by atomic mass is 10.2. The highest BCUT2D eigenvalue weighted by atomic mass is 16.7. The van der Waals surface area contributed by atoms with Crippen LogP contribution < -0.4 is 14.8 Å². The second-order valence-corrected chi connectivity index (χ2v) is 4.00. The highest BCUT2D eigenvalue weighted by Crippen LogP contribution is 2.34. The monoisotopic (exact) mass is 237 g/mol. The van der Waals surface area contributed by atoms with E-state index in [-0.39, 0.29) is 12.7 Å². The first-order valence-electron chi connectivity index (χ1n) is 5.53. The van der Waals surface area contributed by atoms with Gasteiger partial charge in [-0.25, -0.2) is 0 Å². The van der Waals surface area contributed by atoms with Crippen molar-refractivity contribution in [1.82, 2.24) is 0 Å². The third-order valence-electron chi connectivity index (χ3n) is 2.45. The maximum atomic E-state index is 11.5. The van der Waals surface area contributed by atoms with Crippen LogP contribution in [0.2, 0.25) is 0 Å². The van der Waals surface area contributed by atoms with Gasteiger partial charge in [-0.15, -0.1) is 0 Å². The molecule has 92 valence electrons. The largest absolute Gasteiger partial charge is 0.454 e. The van der Waals surface area contributed by atoms with Gasteiger partial charge in [0.15, 0.2) is 11.5 Å². The van der Waals surface area contributed by atoms with E-state index >= 15 is 0 Å². The van der Waals surface area contributed by atoms with E-state index in [2.05, 4.69) is 5.32 Å². The first-order chi connectivity index (χ1) is 8.15. The summed E-state index contributed by atoms with van der Waals surface area (Å²) in [6.45, 7) is 1.88. The summed E-state index contributed by atoms with van der Waals surface area (Å²) < 4.78 is 10.4. The van der Waals surface area contributed by atoms with Crippen molar-refractivity contribution in [2.45, 2.75) is 25.9 Å². The van der Waals surface area contributed by atoms with Crippen LogP contribution >= 0.6 is 0 Å². The number of ether oxygens (including phenoxy) is 2. The van der Waals surface area contributed by atoms with Crippen LogP contribution in [0.5, 0.6) is 11.5 Å². The summed E-state index contributed by atoms with van der Waals surface area (Å²) in [5.74, 6) is 1.20. The summed E-state index contributed by atoms with van der Waals surface area (Å²) in [7, 11) is 0. The van der Waals surface area contributed by atoms with Crippen LogP contribution in [-0.4, -0.2) is 23.9 Å². The van der Waals surface area contributed by atoms with Crippen LogP contribution in [0.1, 0.15) is 19.8 Å². The number of hydrogen-bond acceptors (Lipinski definition) is 4. The Balaban J connectivity index is 1.92. The molecular formula is C12H15NO4.